The molecular formula is C45H63NO12. The fourth-order valence-corrected chi connectivity index (χ4v) is 8.16. The van der Waals surface area contributed by atoms with Crippen LogP contribution in [0, 0.1) is 17.8 Å². The first-order chi connectivity index (χ1) is 27.6. The first-order valence-electron chi connectivity index (χ1n) is 20.6. The Hall–Kier alpha value is -3.88. The highest BCUT2D eigenvalue weighted by Gasteiger charge is 2.51. The number of carbonyl (C=O) groups excluding carboxylic acids is 3. The number of carbonyl (C=O) groups is 3. The molecule has 1 N–H and O–H groups in total. The van der Waals surface area contributed by atoms with Crippen LogP contribution in [0.4, 0.5) is 0 Å². The Kier molecular flexibility index (Phi) is 15.9. The summed E-state index contributed by atoms with van der Waals surface area (Å²) < 4.78 is 48.7. The lowest BCUT2D eigenvalue weighted by Gasteiger charge is -2.46. The molecule has 1 aromatic heterocycles. The molecule has 13 nitrogen and oxygen atoms in total. The highest BCUT2D eigenvalue weighted by atomic mass is 16.7. The summed E-state index contributed by atoms with van der Waals surface area (Å²) in [6, 6.07) is 9.40. The molecule has 0 saturated carbocycles. The zero-order chi connectivity index (χ0) is 42.1. The van der Waals surface area contributed by atoms with Crippen LogP contribution in [-0.4, -0.2) is 91.7 Å². The summed E-state index contributed by atoms with van der Waals surface area (Å²) in [6.07, 6.45) is 2.50. The highest BCUT2D eigenvalue weighted by molar-refractivity contribution is 5.83. The second-order valence-electron chi connectivity index (χ2n) is 16.6. The van der Waals surface area contributed by atoms with E-state index in [4.69, 9.17) is 37.7 Å². The highest BCUT2D eigenvalue weighted by Crippen LogP contribution is 2.42. The number of allylic oxidation sites excluding steroid dienone is 1. The Morgan fingerprint density at radius 2 is 1.72 bits per heavy atom. The molecular weight excluding hydrogens is 746 g/mol. The molecule has 1 aromatic carbocycles. The third-order valence-corrected chi connectivity index (χ3v) is 12.1. The molecule has 0 aliphatic carbocycles. The number of hydrogen-bond donors (Lipinski definition) is 1. The van der Waals surface area contributed by atoms with Crippen molar-refractivity contribution in [2.45, 2.75) is 148 Å². The quantitative estimate of drug-likeness (QED) is 0.173. The molecule has 3 aliphatic rings. The molecule has 13 heteroatoms. The number of Topliss-reactive ketones (excluding diaryl/α,β-unsaturated/α-hetero) is 1. The van der Waals surface area contributed by atoms with Crippen LogP contribution in [0.1, 0.15) is 109 Å². The monoisotopic (exact) mass is 809 g/mol. The second-order valence-corrected chi connectivity index (χ2v) is 16.6. The van der Waals surface area contributed by atoms with Gasteiger partial charge in [-0.25, -0.2) is 4.79 Å². The predicted octanol–water partition coefficient (Wildman–Crippen LogP) is 6.98. The molecule has 320 valence electrons. The van der Waals surface area contributed by atoms with Gasteiger partial charge in [-0.3, -0.25) is 9.59 Å². The van der Waals surface area contributed by atoms with E-state index in [1.807, 2.05) is 64.1 Å². The summed E-state index contributed by atoms with van der Waals surface area (Å²) >= 11 is 0. The number of benzene rings is 1. The molecule has 2 saturated heterocycles. The van der Waals surface area contributed by atoms with Crippen LogP contribution in [-0.2, 0) is 55.8 Å². The molecule has 0 spiro atoms. The number of esters is 2. The number of aliphatic hydroxyl groups is 1. The van der Waals surface area contributed by atoms with Crippen LogP contribution in [0.15, 0.2) is 58.2 Å². The Labute approximate surface area is 342 Å². The lowest BCUT2D eigenvalue weighted by atomic mass is 9.84. The number of methoxy groups -OCH3 is 3. The van der Waals surface area contributed by atoms with Gasteiger partial charge < -0.3 is 42.8 Å². The largest absolute Gasteiger partial charge is 0.497 e. The van der Waals surface area contributed by atoms with Crippen molar-refractivity contribution in [3.05, 3.63) is 70.6 Å². The molecule has 5 rings (SSSR count). The predicted molar refractivity (Wildman–Crippen MR) is 214 cm³/mol. The number of ether oxygens (including phenoxy) is 7. The van der Waals surface area contributed by atoms with Crippen molar-refractivity contribution in [2.24, 2.45) is 17.8 Å². The van der Waals surface area contributed by atoms with Gasteiger partial charge in [0.1, 0.15) is 29.3 Å². The summed E-state index contributed by atoms with van der Waals surface area (Å²) in [6.45, 7) is 11.7. The average Bonchev–Trinajstić information content (AvgIpc) is 3.68. The van der Waals surface area contributed by atoms with Crippen molar-refractivity contribution in [1.82, 2.24) is 5.16 Å². The van der Waals surface area contributed by atoms with Gasteiger partial charge in [0.2, 0.25) is 0 Å². The number of fused-ring (bicyclic) bond motifs is 6. The Morgan fingerprint density at radius 1 is 0.983 bits per heavy atom. The minimum Gasteiger partial charge on any atom is -0.497 e. The van der Waals surface area contributed by atoms with E-state index < -0.39 is 54.0 Å². The minimum atomic E-state index is -1.55. The van der Waals surface area contributed by atoms with E-state index in [0.717, 1.165) is 11.1 Å². The van der Waals surface area contributed by atoms with Gasteiger partial charge in [0.15, 0.2) is 5.79 Å². The van der Waals surface area contributed by atoms with E-state index >= 15 is 0 Å². The Morgan fingerprint density at radius 3 is 2.40 bits per heavy atom. The van der Waals surface area contributed by atoms with E-state index in [2.05, 4.69) is 5.16 Å². The fourth-order valence-electron chi connectivity index (χ4n) is 8.16. The standard InChI is InChI=1S/C45H63NO12/c1-26(2)18-35-23-41-29(5)40(55-35)22-33-21-39(58-46-33)27(3)10-15-36(47)28(4)37(48)16-17-38(54-25-31-11-13-34(51-7)14-12-31)42-19-32(20-43(49)52-8)24-45(53-9,57-42)30(6)44(50)56-41/h11-14,18,20-21,27-30,35,37-38,40-42,48H,10,15-17,19,22-25H2,1-9H3/b32-20+/t27-,28+,29-,30-,35-,37-,38-,40+,41+,42-,45+/m1/s1. The number of hydrogen-bond acceptors (Lipinski definition) is 13. The Balaban J connectivity index is 1.53. The third kappa shape index (κ3) is 11.4. The fraction of sp³-hybridized carbons (Fsp3) is 0.644. The van der Waals surface area contributed by atoms with E-state index in [0.29, 0.717) is 48.5 Å². The lowest BCUT2D eigenvalue weighted by molar-refractivity contribution is -0.299. The van der Waals surface area contributed by atoms with Crippen LogP contribution in [0.3, 0.4) is 0 Å². The van der Waals surface area contributed by atoms with E-state index in [1.54, 1.807) is 21.0 Å². The van der Waals surface area contributed by atoms with Gasteiger partial charge in [0.25, 0.3) is 0 Å². The number of nitrogens with zero attached hydrogens (tertiary/aromatic N) is 1. The summed E-state index contributed by atoms with van der Waals surface area (Å²) in [5.74, 6) is -3.19. The smallest absolute Gasteiger partial charge is 0.330 e. The van der Waals surface area contributed by atoms with Crippen molar-refractivity contribution in [2.75, 3.05) is 21.3 Å². The van der Waals surface area contributed by atoms with E-state index in [9.17, 15) is 19.5 Å². The average molecular weight is 810 g/mol. The van der Waals surface area contributed by atoms with Crippen molar-refractivity contribution in [3.8, 4) is 5.75 Å². The number of aromatic nitrogens is 1. The van der Waals surface area contributed by atoms with Crippen molar-refractivity contribution in [1.29, 1.82) is 0 Å². The first-order valence-corrected chi connectivity index (χ1v) is 20.6. The van der Waals surface area contributed by atoms with E-state index in [-0.39, 0.29) is 62.1 Å². The maximum Gasteiger partial charge on any atom is 0.330 e. The van der Waals surface area contributed by atoms with Gasteiger partial charge in [-0.15, -0.1) is 0 Å². The van der Waals surface area contributed by atoms with Gasteiger partial charge in [-0.2, -0.15) is 0 Å². The molecule has 0 radical (unpaired) electrons. The molecule has 3 aliphatic heterocycles. The van der Waals surface area contributed by atoms with Gasteiger partial charge in [0.05, 0.1) is 57.0 Å². The van der Waals surface area contributed by atoms with E-state index in [1.165, 1.54) is 20.3 Å². The zero-order valence-corrected chi connectivity index (χ0v) is 35.6. The molecule has 4 heterocycles. The third-order valence-electron chi connectivity index (χ3n) is 12.1. The summed E-state index contributed by atoms with van der Waals surface area (Å²) in [4.78, 5) is 40.6. The summed E-state index contributed by atoms with van der Waals surface area (Å²) in [5.41, 5.74) is 3.31. The molecule has 0 amide bonds. The zero-order valence-electron chi connectivity index (χ0n) is 35.6. The molecule has 6 bridgehead atoms. The number of ketones is 1. The molecule has 2 aromatic rings. The van der Waals surface area contributed by atoms with Crippen molar-refractivity contribution >= 4 is 17.7 Å². The molecule has 2 fully saturated rings. The van der Waals surface area contributed by atoms with Crippen LogP contribution in [0.5, 0.6) is 5.75 Å². The van der Waals surface area contributed by atoms with Crippen LogP contribution in [0.2, 0.25) is 0 Å². The second kappa shape index (κ2) is 20.4. The van der Waals surface area contributed by atoms with Crippen molar-refractivity contribution < 1.29 is 57.2 Å². The molecule has 58 heavy (non-hydrogen) atoms. The SMILES string of the molecule is COC(=O)/C=C1\C[C@H]2O[C@@](OC)(C1)[C@H](C)C(=O)O[C@H]1C[C@@H](C=C(C)C)O[C@@H](Cc3cc(on3)[C@H](C)CCC(=O)[C@H](C)[C@H](O)CC[C@H]2OCc2ccc(OC)cc2)[C@H]1C. The van der Waals surface area contributed by atoms with Gasteiger partial charge in [0, 0.05) is 62.7 Å². The molecule has 0 unspecified atom stereocenters. The van der Waals surface area contributed by atoms with Crippen LogP contribution < -0.4 is 4.74 Å². The summed E-state index contributed by atoms with van der Waals surface area (Å²) in [5, 5.41) is 15.8. The number of aliphatic hydroxyl groups excluding tert-OH is 1. The van der Waals surface area contributed by atoms with Crippen LogP contribution in [0.25, 0.3) is 0 Å². The van der Waals surface area contributed by atoms with Gasteiger partial charge in [-0.1, -0.05) is 55.3 Å². The number of rotatable bonds is 7. The molecule has 11 atom stereocenters. The van der Waals surface area contributed by atoms with Gasteiger partial charge >= 0.3 is 11.9 Å². The first kappa shape index (κ1) is 45.2. The normalized spacial score (nSPS) is 33.6. The van der Waals surface area contributed by atoms with Gasteiger partial charge in [-0.05, 0) is 64.2 Å². The van der Waals surface area contributed by atoms with Crippen molar-refractivity contribution in [3.63, 3.8) is 0 Å². The lowest BCUT2D eigenvalue weighted by Crippen LogP contribution is -2.55. The summed E-state index contributed by atoms with van der Waals surface area (Å²) in [7, 11) is 4.38. The minimum absolute atomic E-state index is 0.0549. The van der Waals surface area contributed by atoms with Crippen LogP contribution >= 0.6 is 0 Å². The topological polar surface area (TPSA) is 162 Å². The maximum atomic E-state index is 14.4. The maximum absolute atomic E-state index is 14.4. The Bertz CT molecular complexity index is 1750.